The molecule has 1 aliphatic heterocycles. The lowest BCUT2D eigenvalue weighted by atomic mass is 9.53. The van der Waals surface area contributed by atoms with Crippen molar-refractivity contribution in [2.75, 3.05) is 29.9 Å². The number of hydrogen-bond acceptors (Lipinski definition) is 6. The summed E-state index contributed by atoms with van der Waals surface area (Å²) >= 11 is 3.57. The molecule has 5 nitrogen and oxygen atoms in total. The molecule has 2 aliphatic carbocycles. The lowest BCUT2D eigenvalue weighted by Crippen LogP contribution is -2.54. The molecule has 8 heteroatoms. The van der Waals surface area contributed by atoms with E-state index in [4.69, 9.17) is 4.98 Å². The van der Waals surface area contributed by atoms with Gasteiger partial charge in [0.1, 0.15) is 5.82 Å². The number of nitrogens with zero attached hydrogens (tertiary/aromatic N) is 2. The minimum absolute atomic E-state index is 0.00740. The molecule has 2 fully saturated rings. The summed E-state index contributed by atoms with van der Waals surface area (Å²) in [7, 11) is 0. The summed E-state index contributed by atoms with van der Waals surface area (Å²) in [6.07, 6.45) is 2.27. The molecule has 2 aromatic rings. The summed E-state index contributed by atoms with van der Waals surface area (Å²) < 4.78 is 13.3. The first-order valence-electron chi connectivity index (χ1n) is 12.3. The van der Waals surface area contributed by atoms with Crippen molar-refractivity contribution in [3.05, 3.63) is 40.7 Å². The van der Waals surface area contributed by atoms with E-state index in [1.54, 1.807) is 23.5 Å². The molecule has 2 heterocycles. The highest BCUT2D eigenvalue weighted by Gasteiger charge is 2.54. The van der Waals surface area contributed by atoms with Crippen molar-refractivity contribution in [2.45, 2.75) is 52.1 Å². The van der Waals surface area contributed by atoms with Gasteiger partial charge in [0.15, 0.2) is 5.13 Å². The first-order valence-corrected chi connectivity index (χ1v) is 14.3. The second kappa shape index (κ2) is 9.43. The summed E-state index contributed by atoms with van der Waals surface area (Å²) in [6.45, 7) is 8.15. The summed E-state index contributed by atoms with van der Waals surface area (Å²) in [5.74, 6) is 1.96. The number of halogens is 1. The van der Waals surface area contributed by atoms with E-state index < -0.39 is 6.10 Å². The fourth-order valence-corrected chi connectivity index (χ4v) is 8.70. The summed E-state index contributed by atoms with van der Waals surface area (Å²) in [5, 5.41) is 15.8. The smallest absolute Gasteiger partial charge is 0.225 e. The second-order valence-electron chi connectivity index (χ2n) is 10.5. The lowest BCUT2D eigenvalue weighted by Gasteiger charge is -2.53. The Morgan fingerprint density at radius 1 is 1.29 bits per heavy atom. The largest absolute Gasteiger partial charge is 0.392 e. The van der Waals surface area contributed by atoms with Crippen molar-refractivity contribution < 1.29 is 14.3 Å². The number of nitrogens with one attached hydrogen (secondary N) is 1. The van der Waals surface area contributed by atoms with Gasteiger partial charge in [-0.3, -0.25) is 4.79 Å². The number of fused-ring (bicyclic) bond motifs is 2. The first kappa shape index (κ1) is 24.1. The molecule has 0 radical (unpaired) electrons. The molecule has 1 amide bonds. The van der Waals surface area contributed by atoms with E-state index in [-0.39, 0.29) is 40.8 Å². The van der Waals surface area contributed by atoms with Crippen LogP contribution in [0.2, 0.25) is 0 Å². The van der Waals surface area contributed by atoms with Gasteiger partial charge in [0.2, 0.25) is 5.91 Å². The van der Waals surface area contributed by atoms with Gasteiger partial charge in [-0.15, -0.1) is 11.3 Å². The Kier molecular flexibility index (Phi) is 6.68. The Bertz CT molecular complexity index is 1040. The minimum Gasteiger partial charge on any atom is -0.392 e. The van der Waals surface area contributed by atoms with Gasteiger partial charge in [-0.2, -0.15) is 11.8 Å². The maximum atomic E-state index is 13.3. The van der Waals surface area contributed by atoms with Gasteiger partial charge in [-0.1, -0.05) is 20.8 Å². The van der Waals surface area contributed by atoms with E-state index in [0.29, 0.717) is 0 Å². The molecule has 1 aromatic heterocycles. The predicted molar refractivity (Wildman–Crippen MR) is 137 cm³/mol. The molecule has 34 heavy (non-hydrogen) atoms. The Morgan fingerprint density at radius 3 is 2.71 bits per heavy atom. The van der Waals surface area contributed by atoms with Crippen LogP contribution in [0.25, 0.3) is 0 Å². The number of aliphatic hydroxyl groups excluding tert-OH is 1. The van der Waals surface area contributed by atoms with Crippen LogP contribution in [0, 0.1) is 29.0 Å². The van der Waals surface area contributed by atoms with Crippen molar-refractivity contribution in [2.24, 2.45) is 23.2 Å². The van der Waals surface area contributed by atoms with Crippen molar-refractivity contribution in [3.8, 4) is 0 Å². The molecule has 0 spiro atoms. The zero-order valence-corrected chi connectivity index (χ0v) is 21.7. The number of thioether (sulfide) groups is 1. The van der Waals surface area contributed by atoms with Gasteiger partial charge in [0, 0.05) is 47.0 Å². The van der Waals surface area contributed by atoms with Gasteiger partial charge in [-0.25, -0.2) is 9.37 Å². The average Bonchev–Trinajstić information content (AvgIpc) is 3.22. The normalized spacial score (nSPS) is 32.0. The van der Waals surface area contributed by atoms with Crippen molar-refractivity contribution in [1.82, 2.24) is 9.88 Å². The van der Waals surface area contributed by atoms with Gasteiger partial charge in [0.05, 0.1) is 11.8 Å². The monoisotopic (exact) mass is 503 g/mol. The fourth-order valence-electron chi connectivity index (χ4n) is 6.51. The molecular weight excluding hydrogens is 469 g/mol. The van der Waals surface area contributed by atoms with Gasteiger partial charge >= 0.3 is 0 Å². The standard InChI is InChI=1S/C26H34FN3O2S2/c1-15(24(32)30-10-12-33-13-11-30)19-8-9-26(3)14-20-22(16(2)21(26)23(19)31)29-25(34-20)28-18-6-4-17(27)5-7-18/h4-7,15-16,19,21,23,31H,8-14H2,1-3H3,(H,28,29)/t15-,16-,19?,21+,23-,26-/m0/s1. The molecule has 5 rings (SSSR count). The highest BCUT2D eigenvalue weighted by atomic mass is 32.2. The Morgan fingerprint density at radius 2 is 2.00 bits per heavy atom. The number of amides is 1. The Hall–Kier alpha value is -1.64. The number of aromatic nitrogens is 1. The van der Waals surface area contributed by atoms with Gasteiger partial charge in [0.25, 0.3) is 0 Å². The topological polar surface area (TPSA) is 65.5 Å². The van der Waals surface area contributed by atoms with E-state index in [1.807, 2.05) is 23.6 Å². The highest BCUT2D eigenvalue weighted by molar-refractivity contribution is 7.99. The van der Waals surface area contributed by atoms with E-state index in [1.165, 1.54) is 17.0 Å². The number of rotatable bonds is 4. The maximum absolute atomic E-state index is 13.3. The van der Waals surface area contributed by atoms with E-state index >= 15 is 0 Å². The summed E-state index contributed by atoms with van der Waals surface area (Å²) in [5.41, 5.74) is 1.86. The van der Waals surface area contributed by atoms with Gasteiger partial charge < -0.3 is 15.3 Å². The predicted octanol–water partition coefficient (Wildman–Crippen LogP) is 5.29. The molecule has 1 saturated heterocycles. The molecule has 2 N–H and O–H groups in total. The molecule has 1 aromatic carbocycles. The van der Waals surface area contributed by atoms with E-state index in [2.05, 4.69) is 19.2 Å². The third kappa shape index (κ3) is 4.37. The molecule has 184 valence electrons. The van der Waals surface area contributed by atoms with Crippen LogP contribution < -0.4 is 5.32 Å². The number of anilines is 2. The van der Waals surface area contributed by atoms with Crippen LogP contribution in [-0.4, -0.2) is 51.6 Å². The second-order valence-corrected chi connectivity index (χ2v) is 12.8. The molecule has 1 unspecified atom stereocenters. The van der Waals surface area contributed by atoms with E-state index in [9.17, 15) is 14.3 Å². The maximum Gasteiger partial charge on any atom is 0.225 e. The van der Waals surface area contributed by atoms with E-state index in [0.717, 1.165) is 60.4 Å². The van der Waals surface area contributed by atoms with Crippen LogP contribution in [0.5, 0.6) is 0 Å². The van der Waals surface area contributed by atoms with Crippen LogP contribution in [-0.2, 0) is 11.2 Å². The fraction of sp³-hybridized carbons (Fsp3) is 0.615. The molecule has 6 atom stereocenters. The Balaban J connectivity index is 1.35. The molecule has 3 aliphatic rings. The summed E-state index contributed by atoms with van der Waals surface area (Å²) in [6, 6.07) is 6.31. The number of thiazole rings is 1. The molecular formula is C26H34FN3O2S2. The van der Waals surface area contributed by atoms with Crippen molar-refractivity contribution >= 4 is 39.8 Å². The van der Waals surface area contributed by atoms with Crippen LogP contribution in [0.1, 0.15) is 50.1 Å². The minimum atomic E-state index is -0.518. The lowest BCUT2D eigenvalue weighted by molar-refractivity contribution is -0.144. The van der Waals surface area contributed by atoms with Gasteiger partial charge in [-0.05, 0) is 60.8 Å². The van der Waals surface area contributed by atoms with Crippen molar-refractivity contribution in [1.29, 1.82) is 0 Å². The van der Waals surface area contributed by atoms with Crippen LogP contribution in [0.15, 0.2) is 24.3 Å². The number of aliphatic hydroxyl groups is 1. The third-order valence-corrected chi connectivity index (χ3v) is 10.3. The zero-order valence-electron chi connectivity index (χ0n) is 20.1. The van der Waals surface area contributed by atoms with Crippen LogP contribution in [0.3, 0.4) is 0 Å². The number of carbonyl (C=O) groups is 1. The molecule has 1 saturated carbocycles. The van der Waals surface area contributed by atoms with Crippen LogP contribution >= 0.6 is 23.1 Å². The molecule has 0 bridgehead atoms. The number of carbonyl (C=O) groups excluding carboxylic acids is 1. The van der Waals surface area contributed by atoms with Crippen LogP contribution in [0.4, 0.5) is 15.2 Å². The quantitative estimate of drug-likeness (QED) is 0.594. The third-order valence-electron chi connectivity index (χ3n) is 8.37. The van der Waals surface area contributed by atoms with Crippen molar-refractivity contribution in [3.63, 3.8) is 0 Å². The average molecular weight is 504 g/mol. The zero-order chi connectivity index (χ0) is 24.0. The summed E-state index contributed by atoms with van der Waals surface area (Å²) in [4.78, 5) is 21.4. The SMILES string of the molecule is C[C@H](C(=O)N1CCSCC1)C1CC[C@@]2(C)Cc3sc(Nc4ccc(F)cc4)nc3[C@@H](C)[C@@H]2[C@H]1O. The Labute approximate surface area is 209 Å². The number of benzene rings is 1. The number of hydrogen-bond donors (Lipinski definition) is 2. The first-order chi connectivity index (χ1) is 16.3. The highest BCUT2D eigenvalue weighted by Crippen LogP contribution is 2.57.